The van der Waals surface area contributed by atoms with Crippen molar-refractivity contribution in [2.45, 2.75) is 51.1 Å². The van der Waals surface area contributed by atoms with Gasteiger partial charge in [-0.1, -0.05) is 6.92 Å². The zero-order chi connectivity index (χ0) is 20.5. The van der Waals surface area contributed by atoms with E-state index < -0.39 is 22.4 Å². The number of nitro groups is 1. The number of nitro benzene ring substituents is 1. The molecule has 28 heavy (non-hydrogen) atoms. The molecule has 4 amide bonds. The molecule has 2 fully saturated rings. The van der Waals surface area contributed by atoms with Crippen LogP contribution >= 0.6 is 0 Å². The van der Waals surface area contributed by atoms with E-state index in [0.717, 1.165) is 30.6 Å². The van der Waals surface area contributed by atoms with Crippen molar-refractivity contribution in [1.82, 2.24) is 15.5 Å². The number of imide groups is 1. The van der Waals surface area contributed by atoms with E-state index in [9.17, 15) is 24.5 Å². The fraction of sp³-hybridized carbons (Fsp3) is 0.526. The zero-order valence-corrected chi connectivity index (χ0v) is 15.9. The summed E-state index contributed by atoms with van der Waals surface area (Å²) in [7, 11) is 0. The summed E-state index contributed by atoms with van der Waals surface area (Å²) in [6, 6.07) is 4.84. The van der Waals surface area contributed by atoms with Crippen LogP contribution in [0.1, 0.15) is 45.1 Å². The highest BCUT2D eigenvalue weighted by Gasteiger charge is 2.49. The molecular formula is C19H24N4O5. The van der Waals surface area contributed by atoms with E-state index in [0.29, 0.717) is 11.5 Å². The minimum atomic E-state index is -1.37. The van der Waals surface area contributed by atoms with Gasteiger partial charge in [0.2, 0.25) is 5.91 Å². The van der Waals surface area contributed by atoms with Gasteiger partial charge in [-0.15, -0.1) is 0 Å². The topological polar surface area (TPSA) is 122 Å². The van der Waals surface area contributed by atoms with Gasteiger partial charge in [0, 0.05) is 18.2 Å². The van der Waals surface area contributed by atoms with Gasteiger partial charge in [-0.3, -0.25) is 24.6 Å². The number of nitrogens with zero attached hydrogens (tertiary/aromatic N) is 2. The van der Waals surface area contributed by atoms with E-state index >= 15 is 0 Å². The van der Waals surface area contributed by atoms with Crippen LogP contribution in [0.2, 0.25) is 0 Å². The highest BCUT2D eigenvalue weighted by atomic mass is 16.6. The van der Waals surface area contributed by atoms with Crippen molar-refractivity contribution in [3.63, 3.8) is 0 Å². The fourth-order valence-electron chi connectivity index (χ4n) is 3.77. The van der Waals surface area contributed by atoms with E-state index in [-0.39, 0.29) is 24.2 Å². The SMILES string of the molecule is CC1CCC(NC(=O)CN2C(=O)NC(C)(c3ccc([N+](=O)[O-])cc3)C2=O)CC1. The Bertz CT molecular complexity index is 801. The lowest BCUT2D eigenvalue weighted by molar-refractivity contribution is -0.384. The van der Waals surface area contributed by atoms with Gasteiger partial charge in [0.1, 0.15) is 12.1 Å². The van der Waals surface area contributed by atoms with Crippen LogP contribution in [0.4, 0.5) is 10.5 Å². The van der Waals surface area contributed by atoms with Crippen LogP contribution in [0.3, 0.4) is 0 Å². The number of amides is 4. The van der Waals surface area contributed by atoms with E-state index in [2.05, 4.69) is 17.6 Å². The predicted molar refractivity (Wildman–Crippen MR) is 100 cm³/mol. The van der Waals surface area contributed by atoms with Gasteiger partial charge in [-0.25, -0.2) is 4.79 Å². The second-order valence-corrected chi connectivity index (χ2v) is 7.77. The molecule has 1 aromatic rings. The number of benzene rings is 1. The molecule has 0 bridgehead atoms. The lowest BCUT2D eigenvalue weighted by Gasteiger charge is -2.27. The van der Waals surface area contributed by atoms with Gasteiger partial charge in [-0.2, -0.15) is 0 Å². The van der Waals surface area contributed by atoms with E-state index in [1.165, 1.54) is 31.2 Å². The van der Waals surface area contributed by atoms with Crippen molar-refractivity contribution in [2.75, 3.05) is 6.54 Å². The fourth-order valence-corrected chi connectivity index (χ4v) is 3.77. The molecule has 0 aromatic heterocycles. The molecule has 1 aromatic carbocycles. The first-order valence-corrected chi connectivity index (χ1v) is 9.39. The lowest BCUT2D eigenvalue weighted by atomic mass is 9.87. The van der Waals surface area contributed by atoms with Crippen molar-refractivity contribution in [2.24, 2.45) is 5.92 Å². The Morgan fingerprint density at radius 2 is 1.86 bits per heavy atom. The summed E-state index contributed by atoms with van der Waals surface area (Å²) in [6.45, 7) is 3.36. The molecule has 150 valence electrons. The predicted octanol–water partition coefficient (Wildman–Crippen LogP) is 2.06. The number of carbonyl (C=O) groups excluding carboxylic acids is 3. The number of hydrogen-bond acceptors (Lipinski definition) is 5. The number of hydrogen-bond donors (Lipinski definition) is 2. The molecule has 2 aliphatic rings. The number of rotatable bonds is 5. The minimum absolute atomic E-state index is 0.0746. The Hall–Kier alpha value is -2.97. The first-order valence-electron chi connectivity index (χ1n) is 9.39. The highest BCUT2D eigenvalue weighted by molar-refractivity contribution is 6.09. The molecule has 1 aliphatic carbocycles. The van der Waals surface area contributed by atoms with E-state index in [1.54, 1.807) is 0 Å². The Labute approximate surface area is 162 Å². The molecular weight excluding hydrogens is 364 g/mol. The standard InChI is InChI=1S/C19H24N4O5/c1-12-3-7-14(8-4-12)20-16(24)11-22-17(25)19(2,21-18(22)26)13-5-9-15(10-6-13)23(27)28/h5-6,9-10,12,14H,3-4,7-8,11H2,1-2H3,(H,20,24)(H,21,26). The average molecular weight is 388 g/mol. The van der Waals surface area contributed by atoms with Gasteiger partial charge in [-0.05, 0) is 56.2 Å². The average Bonchev–Trinajstić information content (AvgIpc) is 2.88. The number of urea groups is 1. The van der Waals surface area contributed by atoms with Gasteiger partial charge >= 0.3 is 6.03 Å². The summed E-state index contributed by atoms with van der Waals surface area (Å²) in [5.41, 5.74) is -1.06. The smallest absolute Gasteiger partial charge is 0.325 e. The maximum atomic E-state index is 12.9. The number of nitrogens with one attached hydrogen (secondary N) is 2. The second kappa shape index (κ2) is 7.57. The Kier molecular flexibility index (Phi) is 5.35. The normalized spacial score (nSPS) is 27.4. The third kappa shape index (κ3) is 3.83. The monoisotopic (exact) mass is 388 g/mol. The van der Waals surface area contributed by atoms with Crippen LogP contribution in [0.25, 0.3) is 0 Å². The molecule has 0 radical (unpaired) electrons. The summed E-state index contributed by atoms with van der Waals surface area (Å²) in [4.78, 5) is 48.7. The maximum Gasteiger partial charge on any atom is 0.325 e. The van der Waals surface area contributed by atoms with Crippen LogP contribution < -0.4 is 10.6 Å². The molecule has 1 atom stereocenters. The third-order valence-corrected chi connectivity index (χ3v) is 5.61. The van der Waals surface area contributed by atoms with Gasteiger partial charge < -0.3 is 10.6 Å². The third-order valence-electron chi connectivity index (χ3n) is 5.61. The molecule has 1 heterocycles. The quantitative estimate of drug-likeness (QED) is 0.454. The van der Waals surface area contributed by atoms with Crippen molar-refractivity contribution < 1.29 is 19.3 Å². The van der Waals surface area contributed by atoms with Crippen molar-refractivity contribution in [3.05, 3.63) is 39.9 Å². The van der Waals surface area contributed by atoms with Crippen molar-refractivity contribution >= 4 is 23.5 Å². The summed E-state index contributed by atoms with van der Waals surface area (Å²) in [6.07, 6.45) is 3.89. The second-order valence-electron chi connectivity index (χ2n) is 7.77. The summed E-state index contributed by atoms with van der Waals surface area (Å²) in [5.74, 6) is -0.267. The molecule has 9 heteroatoms. The van der Waals surface area contributed by atoms with E-state index in [4.69, 9.17) is 0 Å². The Balaban J connectivity index is 1.67. The lowest BCUT2D eigenvalue weighted by Crippen LogP contribution is -2.46. The summed E-state index contributed by atoms with van der Waals surface area (Å²) in [5, 5.41) is 16.3. The molecule has 1 unspecified atom stereocenters. The molecule has 1 saturated heterocycles. The maximum absolute atomic E-state index is 12.9. The Morgan fingerprint density at radius 1 is 1.25 bits per heavy atom. The molecule has 0 spiro atoms. The highest BCUT2D eigenvalue weighted by Crippen LogP contribution is 2.30. The molecule has 2 N–H and O–H groups in total. The summed E-state index contributed by atoms with van der Waals surface area (Å²) < 4.78 is 0. The largest absolute Gasteiger partial charge is 0.352 e. The summed E-state index contributed by atoms with van der Waals surface area (Å²) >= 11 is 0. The van der Waals surface area contributed by atoms with Crippen LogP contribution in [0.15, 0.2) is 24.3 Å². The number of carbonyl (C=O) groups is 3. The van der Waals surface area contributed by atoms with E-state index in [1.807, 2.05) is 0 Å². The van der Waals surface area contributed by atoms with Gasteiger partial charge in [0.15, 0.2) is 0 Å². The number of non-ortho nitro benzene ring substituents is 1. The molecule has 9 nitrogen and oxygen atoms in total. The van der Waals surface area contributed by atoms with Crippen LogP contribution in [0.5, 0.6) is 0 Å². The van der Waals surface area contributed by atoms with Gasteiger partial charge in [0.05, 0.1) is 4.92 Å². The van der Waals surface area contributed by atoms with Crippen LogP contribution in [0, 0.1) is 16.0 Å². The zero-order valence-electron chi connectivity index (χ0n) is 15.9. The minimum Gasteiger partial charge on any atom is -0.352 e. The van der Waals surface area contributed by atoms with Gasteiger partial charge in [0.25, 0.3) is 11.6 Å². The van der Waals surface area contributed by atoms with Crippen molar-refractivity contribution in [3.8, 4) is 0 Å². The van der Waals surface area contributed by atoms with Crippen molar-refractivity contribution in [1.29, 1.82) is 0 Å². The first-order chi connectivity index (χ1) is 13.2. The molecule has 1 saturated carbocycles. The van der Waals surface area contributed by atoms with Crippen LogP contribution in [-0.2, 0) is 15.1 Å². The molecule has 3 rings (SSSR count). The Morgan fingerprint density at radius 3 is 2.43 bits per heavy atom. The van der Waals surface area contributed by atoms with Crippen LogP contribution in [-0.4, -0.2) is 40.3 Å². The first kappa shape index (κ1) is 19.8. The molecule has 1 aliphatic heterocycles.